The highest BCUT2D eigenvalue weighted by atomic mass is 16.3. The second kappa shape index (κ2) is 15.4. The predicted octanol–water partition coefficient (Wildman–Crippen LogP) is 14.4. The van der Waals surface area contributed by atoms with Crippen molar-refractivity contribution in [3.8, 4) is 78.3 Å². The Balaban J connectivity index is 0.947. The average Bonchev–Trinajstić information content (AvgIpc) is 3.82. The number of nitrogens with zero attached hydrogens (tertiary/aromatic N) is 2. The third kappa shape index (κ3) is 6.32. The molecule has 0 saturated heterocycles. The van der Waals surface area contributed by atoms with E-state index in [9.17, 15) is 0 Å². The summed E-state index contributed by atoms with van der Waals surface area (Å²) in [6.45, 7) is 2.21. The van der Waals surface area contributed by atoms with E-state index in [1.54, 1.807) is 0 Å². The minimum Gasteiger partial charge on any atom is -0.436 e. The Bertz CT molecular complexity index is 3850. The van der Waals surface area contributed by atoms with Gasteiger partial charge in [0.2, 0.25) is 5.89 Å². The van der Waals surface area contributed by atoms with Crippen molar-refractivity contribution in [1.29, 1.82) is 0 Å². The van der Waals surface area contributed by atoms with Crippen molar-refractivity contribution in [2.24, 2.45) is 0 Å². The van der Waals surface area contributed by atoms with Crippen molar-refractivity contribution in [1.82, 2.24) is 9.97 Å². The Kier molecular flexibility index (Phi) is 8.95. The lowest BCUT2D eigenvalue weighted by Crippen LogP contribution is -2.27. The van der Waals surface area contributed by atoms with Gasteiger partial charge in [-0.15, -0.1) is 0 Å². The quantitative estimate of drug-likeness (QED) is 0.150. The summed E-state index contributed by atoms with van der Waals surface area (Å²) >= 11 is 0. The largest absolute Gasteiger partial charge is 0.436 e. The van der Waals surface area contributed by atoms with Crippen LogP contribution >= 0.6 is 0 Å². The fourth-order valence-electron chi connectivity index (χ4n) is 9.50. The van der Waals surface area contributed by atoms with Crippen LogP contribution < -0.4 is 10.4 Å². The highest BCUT2D eigenvalue weighted by Gasteiger charge is 2.21. The van der Waals surface area contributed by atoms with Crippen molar-refractivity contribution in [3.63, 3.8) is 0 Å². The smallest absolute Gasteiger partial charge is 0.227 e. The van der Waals surface area contributed by atoms with Crippen LogP contribution in [0.25, 0.3) is 123 Å². The van der Waals surface area contributed by atoms with Crippen molar-refractivity contribution >= 4 is 44.6 Å². The van der Waals surface area contributed by atoms with Gasteiger partial charge in [0.1, 0.15) is 5.52 Å². The van der Waals surface area contributed by atoms with Gasteiger partial charge in [-0.25, -0.2) is 9.97 Å². The van der Waals surface area contributed by atoms with E-state index in [1.165, 1.54) is 5.56 Å². The molecule has 0 atom stereocenters. The Morgan fingerprint density at radius 1 is 0.438 bits per heavy atom. The number of oxazole rings is 1. The molecular formula is C61H38N2O. The van der Waals surface area contributed by atoms with Gasteiger partial charge in [-0.2, -0.15) is 0 Å². The van der Waals surface area contributed by atoms with Gasteiger partial charge in [-0.3, -0.25) is 0 Å². The van der Waals surface area contributed by atoms with Crippen LogP contribution in [0.2, 0.25) is 0 Å². The van der Waals surface area contributed by atoms with Crippen LogP contribution in [0.5, 0.6) is 0 Å². The van der Waals surface area contributed by atoms with E-state index >= 15 is 0 Å². The van der Waals surface area contributed by atoms with Gasteiger partial charge in [-0.1, -0.05) is 187 Å². The maximum absolute atomic E-state index is 6.26. The fraction of sp³-hybridized carbons (Fsp3) is 0.0164. The minimum absolute atomic E-state index is 0.620. The number of fused-ring (bicyclic) bond motifs is 5. The average molecular weight is 815 g/mol. The summed E-state index contributed by atoms with van der Waals surface area (Å²) in [6.07, 6.45) is 4.07. The predicted molar refractivity (Wildman–Crippen MR) is 265 cm³/mol. The van der Waals surface area contributed by atoms with Crippen LogP contribution in [0.4, 0.5) is 0 Å². The van der Waals surface area contributed by atoms with Crippen molar-refractivity contribution in [3.05, 3.63) is 228 Å². The lowest BCUT2D eigenvalue weighted by atomic mass is 9.84. The van der Waals surface area contributed by atoms with Crippen molar-refractivity contribution in [2.75, 3.05) is 0 Å². The molecule has 9 aromatic carbocycles. The van der Waals surface area contributed by atoms with Crippen LogP contribution in [-0.2, 0) is 0 Å². The molecule has 3 nitrogen and oxygen atoms in total. The molecule has 2 aromatic heterocycles. The Hall–Kier alpha value is -8.58. The first-order valence-corrected chi connectivity index (χ1v) is 21.6. The molecule has 0 bridgehead atoms. The summed E-state index contributed by atoms with van der Waals surface area (Å²) in [5, 5.41) is 5.53. The second-order valence-corrected chi connectivity index (χ2v) is 16.3. The molecule has 0 N–H and O–H groups in total. The standard InChI is InChI=1S/C61H38N2O/c1-39-57(54-25-13-14-26-55(54)62-59(39)45-17-3-2-4-18-45)52-23-11-12-24-53(52)58-49-21-7-5-15-40(49)35-37-50(58)44-29-27-42(28-30-44)47-19-9-10-20-48(47)43-31-33-46(34-32-43)61-63-60-51-22-8-6-16-41(51)36-38-56(60)64-61/h2-6,8-20,22-38H,1H3. The van der Waals surface area contributed by atoms with E-state index in [4.69, 9.17) is 14.4 Å². The number of allylic oxidation sites excluding steroid dienone is 1. The number of aromatic nitrogens is 2. The van der Waals surface area contributed by atoms with E-state index < -0.39 is 0 Å². The number of hydrogen-bond donors (Lipinski definition) is 0. The first-order chi connectivity index (χ1) is 31.7. The lowest BCUT2D eigenvalue weighted by Gasteiger charge is -2.20. The van der Waals surface area contributed by atoms with Gasteiger partial charge in [0.25, 0.3) is 0 Å². The zero-order valence-electron chi connectivity index (χ0n) is 35.0. The first kappa shape index (κ1) is 37.2. The van der Waals surface area contributed by atoms with E-state index in [0.717, 1.165) is 116 Å². The van der Waals surface area contributed by atoms with Gasteiger partial charge >= 0.3 is 0 Å². The Morgan fingerprint density at radius 2 is 1.03 bits per heavy atom. The third-order valence-electron chi connectivity index (χ3n) is 12.6. The normalized spacial score (nSPS) is 11.8. The SMILES string of the molecule is Cc1c(-c2ccccc2)nc2ccccc2c1-c1ccccc1-c1c(-c2ccc(-c3ccccc3-c3ccc(-c4nc5c(ccc6ccccc65)o4)cc3)cc2)ccc2c1=C=C=CC=2. The van der Waals surface area contributed by atoms with Gasteiger partial charge in [-0.05, 0) is 110 Å². The summed E-state index contributed by atoms with van der Waals surface area (Å²) in [6, 6.07) is 70.9. The Morgan fingerprint density at radius 3 is 1.77 bits per heavy atom. The molecule has 1 aliphatic carbocycles. The highest BCUT2D eigenvalue weighted by Crippen LogP contribution is 2.43. The molecule has 298 valence electrons. The van der Waals surface area contributed by atoms with Gasteiger partial charge in [0.05, 0.1) is 11.2 Å². The van der Waals surface area contributed by atoms with Crippen molar-refractivity contribution < 1.29 is 4.42 Å². The van der Waals surface area contributed by atoms with Gasteiger partial charge in [0, 0.05) is 32.7 Å². The maximum Gasteiger partial charge on any atom is 0.227 e. The van der Waals surface area contributed by atoms with E-state index in [1.807, 2.05) is 24.3 Å². The van der Waals surface area contributed by atoms with Crippen LogP contribution in [-0.4, -0.2) is 9.97 Å². The molecule has 0 amide bonds. The summed E-state index contributed by atoms with van der Waals surface area (Å²) < 4.78 is 6.26. The molecule has 1 aliphatic rings. The molecule has 0 fully saturated rings. The second-order valence-electron chi connectivity index (χ2n) is 16.3. The molecule has 64 heavy (non-hydrogen) atoms. The van der Waals surface area contributed by atoms with E-state index in [-0.39, 0.29) is 0 Å². The van der Waals surface area contributed by atoms with E-state index in [2.05, 4.69) is 206 Å². The number of benzene rings is 9. The zero-order valence-corrected chi connectivity index (χ0v) is 35.0. The van der Waals surface area contributed by atoms with Crippen LogP contribution in [0.3, 0.4) is 0 Å². The molecule has 0 saturated carbocycles. The van der Waals surface area contributed by atoms with Gasteiger partial charge in [0.15, 0.2) is 5.58 Å². The summed E-state index contributed by atoms with van der Waals surface area (Å²) in [5.74, 6) is 0.620. The fourth-order valence-corrected chi connectivity index (χ4v) is 9.50. The third-order valence-corrected chi connectivity index (χ3v) is 12.6. The lowest BCUT2D eigenvalue weighted by molar-refractivity contribution is 0.620. The molecule has 0 spiro atoms. The summed E-state index contributed by atoms with van der Waals surface area (Å²) in [5.41, 5.74) is 25.1. The maximum atomic E-state index is 6.26. The zero-order chi connectivity index (χ0) is 42.6. The Labute approximate surface area is 370 Å². The minimum atomic E-state index is 0.620. The number of pyridine rings is 1. The molecule has 2 heterocycles. The molecule has 3 heteroatoms. The topological polar surface area (TPSA) is 38.9 Å². The van der Waals surface area contributed by atoms with Crippen molar-refractivity contribution in [2.45, 2.75) is 6.92 Å². The monoisotopic (exact) mass is 814 g/mol. The molecule has 0 radical (unpaired) electrons. The van der Waals surface area contributed by atoms with Gasteiger partial charge < -0.3 is 4.42 Å². The van der Waals surface area contributed by atoms with E-state index in [0.29, 0.717) is 5.89 Å². The summed E-state index contributed by atoms with van der Waals surface area (Å²) in [7, 11) is 0. The number of hydrogen-bond acceptors (Lipinski definition) is 3. The van der Waals surface area contributed by atoms with Crippen LogP contribution in [0.15, 0.2) is 216 Å². The highest BCUT2D eigenvalue weighted by molar-refractivity contribution is 6.05. The number of rotatable bonds is 7. The summed E-state index contributed by atoms with van der Waals surface area (Å²) in [4.78, 5) is 10.2. The molecule has 12 rings (SSSR count). The van der Waals surface area contributed by atoms with Crippen LogP contribution in [0.1, 0.15) is 5.56 Å². The number of para-hydroxylation sites is 1. The molecule has 11 aromatic rings. The molecular weight excluding hydrogens is 777 g/mol. The first-order valence-electron chi connectivity index (χ1n) is 21.6. The molecule has 0 aliphatic heterocycles. The molecule has 0 unspecified atom stereocenters. The van der Waals surface area contributed by atoms with Crippen LogP contribution in [0, 0.1) is 6.92 Å².